The molecule has 3 rings (SSSR count). The van der Waals surface area contributed by atoms with Crippen molar-refractivity contribution in [2.24, 2.45) is 0 Å². The first-order valence-corrected chi connectivity index (χ1v) is 10.4. The monoisotopic (exact) mass is 389 g/mol. The molecule has 7 nitrogen and oxygen atoms in total. The molecule has 154 valence electrons. The van der Waals surface area contributed by atoms with E-state index in [0.29, 0.717) is 25.0 Å². The molecule has 1 aromatic heterocycles. The van der Waals surface area contributed by atoms with Crippen molar-refractivity contribution in [2.75, 3.05) is 0 Å². The van der Waals surface area contributed by atoms with Gasteiger partial charge < -0.3 is 20.0 Å². The Morgan fingerprint density at radius 1 is 1.29 bits per heavy atom. The third kappa shape index (κ3) is 4.39. The van der Waals surface area contributed by atoms with Gasteiger partial charge in [0.15, 0.2) is 0 Å². The molecule has 2 N–H and O–H groups in total. The molecule has 1 saturated heterocycles. The second kappa shape index (κ2) is 8.80. The van der Waals surface area contributed by atoms with E-state index in [9.17, 15) is 14.4 Å². The highest BCUT2D eigenvalue weighted by molar-refractivity contribution is 5.95. The standard InChI is InChI=1S/C21H31N3O4/c1-3-21(2,20(27)22-15-8-5-4-6-9-15)24(14-16-10-7-13-28-16)19(26)17-11-12-18(25)23-17/h7,10,13,15,17H,3-6,8-9,11-12,14H2,1-2H3,(H,22,27)(H,23,25)/t17-,21+/m0/s1. The fourth-order valence-electron chi connectivity index (χ4n) is 4.10. The van der Waals surface area contributed by atoms with Crippen LogP contribution in [0.1, 0.15) is 71.0 Å². The average molecular weight is 389 g/mol. The number of hydrogen-bond acceptors (Lipinski definition) is 4. The lowest BCUT2D eigenvalue weighted by molar-refractivity contribution is -0.150. The molecule has 2 aliphatic rings. The Kier molecular flexibility index (Phi) is 6.42. The highest BCUT2D eigenvalue weighted by Gasteiger charge is 2.44. The van der Waals surface area contributed by atoms with Gasteiger partial charge in [-0.05, 0) is 44.7 Å². The molecule has 0 radical (unpaired) electrons. The van der Waals surface area contributed by atoms with E-state index in [1.165, 1.54) is 6.42 Å². The quantitative estimate of drug-likeness (QED) is 0.749. The van der Waals surface area contributed by atoms with E-state index in [1.807, 2.05) is 13.8 Å². The Morgan fingerprint density at radius 3 is 2.61 bits per heavy atom. The van der Waals surface area contributed by atoms with Crippen LogP contribution in [0.15, 0.2) is 22.8 Å². The van der Waals surface area contributed by atoms with Crippen LogP contribution in [0.2, 0.25) is 0 Å². The number of furan rings is 1. The summed E-state index contributed by atoms with van der Waals surface area (Å²) in [6.07, 6.45) is 8.24. The van der Waals surface area contributed by atoms with E-state index >= 15 is 0 Å². The van der Waals surface area contributed by atoms with Crippen molar-refractivity contribution in [3.8, 4) is 0 Å². The predicted molar refractivity (Wildman–Crippen MR) is 104 cm³/mol. The molecule has 7 heteroatoms. The Bertz CT molecular complexity index is 697. The molecule has 2 atom stereocenters. The van der Waals surface area contributed by atoms with Gasteiger partial charge in [0.25, 0.3) is 0 Å². The lowest BCUT2D eigenvalue weighted by Crippen LogP contribution is -2.62. The third-order valence-electron chi connectivity index (χ3n) is 6.17. The van der Waals surface area contributed by atoms with Gasteiger partial charge in [-0.15, -0.1) is 0 Å². The van der Waals surface area contributed by atoms with Crippen LogP contribution in [0.5, 0.6) is 0 Å². The first-order valence-electron chi connectivity index (χ1n) is 10.4. The van der Waals surface area contributed by atoms with Crippen LogP contribution < -0.4 is 10.6 Å². The Balaban J connectivity index is 1.82. The molecular formula is C21H31N3O4. The number of amides is 3. The zero-order chi connectivity index (χ0) is 20.1. The Morgan fingerprint density at radius 2 is 2.04 bits per heavy atom. The molecule has 3 amide bonds. The van der Waals surface area contributed by atoms with Crippen LogP contribution in [-0.4, -0.2) is 40.2 Å². The van der Waals surface area contributed by atoms with E-state index in [-0.39, 0.29) is 30.3 Å². The number of hydrogen-bond donors (Lipinski definition) is 2. The van der Waals surface area contributed by atoms with E-state index in [4.69, 9.17) is 4.42 Å². The average Bonchev–Trinajstić information content (AvgIpc) is 3.37. The summed E-state index contributed by atoms with van der Waals surface area (Å²) in [5, 5.41) is 5.91. The third-order valence-corrected chi connectivity index (χ3v) is 6.17. The minimum Gasteiger partial charge on any atom is -0.467 e. The van der Waals surface area contributed by atoms with Crippen molar-refractivity contribution in [1.29, 1.82) is 0 Å². The van der Waals surface area contributed by atoms with Crippen LogP contribution in [0.3, 0.4) is 0 Å². The lowest BCUT2D eigenvalue weighted by Gasteiger charge is -2.41. The number of rotatable bonds is 7. The van der Waals surface area contributed by atoms with Gasteiger partial charge in [-0.3, -0.25) is 14.4 Å². The summed E-state index contributed by atoms with van der Waals surface area (Å²) in [5.41, 5.74) is -1.02. The molecule has 2 heterocycles. The zero-order valence-electron chi connectivity index (χ0n) is 16.8. The van der Waals surface area contributed by atoms with Crippen LogP contribution >= 0.6 is 0 Å². The number of nitrogens with one attached hydrogen (secondary N) is 2. The molecule has 1 saturated carbocycles. The summed E-state index contributed by atoms with van der Waals surface area (Å²) >= 11 is 0. The molecule has 28 heavy (non-hydrogen) atoms. The summed E-state index contributed by atoms with van der Waals surface area (Å²) in [6.45, 7) is 3.92. The molecule has 0 aromatic carbocycles. The summed E-state index contributed by atoms with van der Waals surface area (Å²) in [5.74, 6) is 0.125. The summed E-state index contributed by atoms with van der Waals surface area (Å²) in [4.78, 5) is 39.8. The van der Waals surface area contributed by atoms with E-state index in [0.717, 1.165) is 25.7 Å². The molecule has 0 spiro atoms. The van der Waals surface area contributed by atoms with Gasteiger partial charge in [-0.1, -0.05) is 26.2 Å². The molecule has 2 fully saturated rings. The van der Waals surface area contributed by atoms with Crippen LogP contribution in [-0.2, 0) is 20.9 Å². The molecule has 0 bridgehead atoms. The number of carbonyl (C=O) groups excluding carboxylic acids is 3. The van der Waals surface area contributed by atoms with Gasteiger partial charge in [0.1, 0.15) is 17.3 Å². The van der Waals surface area contributed by atoms with E-state index in [1.54, 1.807) is 23.3 Å². The van der Waals surface area contributed by atoms with Gasteiger partial charge in [0.05, 0.1) is 12.8 Å². The highest BCUT2D eigenvalue weighted by Crippen LogP contribution is 2.27. The van der Waals surface area contributed by atoms with Crippen LogP contribution in [0, 0.1) is 0 Å². The van der Waals surface area contributed by atoms with Crippen molar-refractivity contribution >= 4 is 17.7 Å². The highest BCUT2D eigenvalue weighted by atomic mass is 16.3. The van der Waals surface area contributed by atoms with E-state index in [2.05, 4.69) is 10.6 Å². The van der Waals surface area contributed by atoms with Crippen molar-refractivity contribution < 1.29 is 18.8 Å². The van der Waals surface area contributed by atoms with Crippen LogP contribution in [0.4, 0.5) is 0 Å². The second-order valence-electron chi connectivity index (χ2n) is 8.10. The summed E-state index contributed by atoms with van der Waals surface area (Å²) in [6, 6.07) is 3.14. The molecular weight excluding hydrogens is 358 g/mol. The SMILES string of the molecule is CC[C@](C)(C(=O)NC1CCCCC1)N(Cc1ccco1)C(=O)[C@@H]1CCC(=O)N1. The summed E-state index contributed by atoms with van der Waals surface area (Å²) in [7, 11) is 0. The van der Waals surface area contributed by atoms with Gasteiger partial charge in [0.2, 0.25) is 17.7 Å². The topological polar surface area (TPSA) is 91.7 Å². The Hall–Kier alpha value is -2.31. The largest absolute Gasteiger partial charge is 0.467 e. The normalized spacial score (nSPS) is 22.4. The van der Waals surface area contributed by atoms with Gasteiger partial charge >= 0.3 is 0 Å². The maximum atomic E-state index is 13.3. The number of carbonyl (C=O) groups is 3. The minimum absolute atomic E-state index is 0.124. The van der Waals surface area contributed by atoms with Crippen molar-refractivity contribution in [2.45, 2.75) is 89.4 Å². The first kappa shape index (κ1) is 20.4. The molecule has 1 aliphatic carbocycles. The molecule has 1 aromatic rings. The second-order valence-corrected chi connectivity index (χ2v) is 8.10. The van der Waals surface area contributed by atoms with Gasteiger partial charge in [-0.2, -0.15) is 0 Å². The van der Waals surface area contributed by atoms with Crippen molar-refractivity contribution in [3.63, 3.8) is 0 Å². The molecule has 1 aliphatic heterocycles. The Labute approximate surface area is 166 Å². The summed E-state index contributed by atoms with van der Waals surface area (Å²) < 4.78 is 5.45. The smallest absolute Gasteiger partial charge is 0.246 e. The van der Waals surface area contributed by atoms with Crippen molar-refractivity contribution in [1.82, 2.24) is 15.5 Å². The first-order chi connectivity index (χ1) is 13.4. The minimum atomic E-state index is -1.02. The van der Waals surface area contributed by atoms with E-state index < -0.39 is 11.6 Å². The fraction of sp³-hybridized carbons (Fsp3) is 0.667. The lowest BCUT2D eigenvalue weighted by atomic mass is 9.90. The maximum Gasteiger partial charge on any atom is 0.246 e. The number of nitrogens with zero attached hydrogens (tertiary/aromatic N) is 1. The molecule has 0 unspecified atom stereocenters. The van der Waals surface area contributed by atoms with Crippen molar-refractivity contribution in [3.05, 3.63) is 24.2 Å². The van der Waals surface area contributed by atoms with Gasteiger partial charge in [0, 0.05) is 12.5 Å². The predicted octanol–water partition coefficient (Wildman–Crippen LogP) is 2.50. The zero-order valence-corrected chi connectivity index (χ0v) is 16.8. The van der Waals surface area contributed by atoms with Crippen LogP contribution in [0.25, 0.3) is 0 Å². The van der Waals surface area contributed by atoms with Gasteiger partial charge in [-0.25, -0.2) is 0 Å². The maximum absolute atomic E-state index is 13.3. The fourth-order valence-corrected chi connectivity index (χ4v) is 4.10.